The summed E-state index contributed by atoms with van der Waals surface area (Å²) >= 11 is 0. The summed E-state index contributed by atoms with van der Waals surface area (Å²) in [6, 6.07) is 6.40. The van der Waals surface area contributed by atoms with Gasteiger partial charge < -0.3 is 10.0 Å². The van der Waals surface area contributed by atoms with Crippen LogP contribution >= 0.6 is 0 Å². The number of rotatable bonds is 7. The van der Waals surface area contributed by atoms with E-state index in [9.17, 15) is 5.11 Å². The van der Waals surface area contributed by atoms with Gasteiger partial charge in [0.2, 0.25) is 0 Å². The fourth-order valence-corrected chi connectivity index (χ4v) is 2.27. The van der Waals surface area contributed by atoms with Crippen molar-refractivity contribution >= 4 is 5.82 Å². The minimum atomic E-state index is 0.00623. The number of aromatic nitrogens is 1. The van der Waals surface area contributed by atoms with Crippen LogP contribution in [0.15, 0.2) is 18.2 Å². The van der Waals surface area contributed by atoms with Gasteiger partial charge in [0.1, 0.15) is 5.82 Å². The molecule has 0 aliphatic rings. The van der Waals surface area contributed by atoms with Gasteiger partial charge in [-0.15, -0.1) is 0 Å². The van der Waals surface area contributed by atoms with Crippen LogP contribution in [0.25, 0.3) is 0 Å². The van der Waals surface area contributed by atoms with Crippen molar-refractivity contribution in [3.63, 3.8) is 0 Å². The van der Waals surface area contributed by atoms with E-state index in [2.05, 4.69) is 37.6 Å². The molecule has 1 rings (SSSR count). The molecule has 1 N–H and O–H groups in total. The third kappa shape index (κ3) is 3.98. The molecule has 18 heavy (non-hydrogen) atoms. The monoisotopic (exact) mass is 250 g/mol. The van der Waals surface area contributed by atoms with Crippen molar-refractivity contribution in [3.8, 4) is 0 Å². The van der Waals surface area contributed by atoms with E-state index in [4.69, 9.17) is 0 Å². The molecule has 1 aromatic rings. The number of hydrogen-bond acceptors (Lipinski definition) is 3. The number of hydrogen-bond donors (Lipinski definition) is 1. The van der Waals surface area contributed by atoms with Crippen molar-refractivity contribution in [1.29, 1.82) is 0 Å². The lowest BCUT2D eigenvalue weighted by atomic mass is 10.1. The van der Waals surface area contributed by atoms with Crippen molar-refractivity contribution in [2.45, 2.75) is 53.2 Å². The second kappa shape index (κ2) is 7.37. The Bertz CT molecular complexity index is 348. The van der Waals surface area contributed by atoms with Crippen LogP contribution in [-0.2, 0) is 6.61 Å². The van der Waals surface area contributed by atoms with Crippen LogP contribution in [-0.4, -0.2) is 22.7 Å². The number of anilines is 1. The lowest BCUT2D eigenvalue weighted by Crippen LogP contribution is -2.38. The van der Waals surface area contributed by atoms with Crippen molar-refractivity contribution in [3.05, 3.63) is 23.9 Å². The Balaban J connectivity index is 2.99. The molecule has 3 heteroatoms. The predicted molar refractivity (Wildman–Crippen MR) is 76.7 cm³/mol. The van der Waals surface area contributed by atoms with Crippen LogP contribution in [0.4, 0.5) is 5.82 Å². The van der Waals surface area contributed by atoms with Crippen molar-refractivity contribution < 1.29 is 5.11 Å². The summed E-state index contributed by atoms with van der Waals surface area (Å²) in [6.45, 7) is 9.91. The average Bonchev–Trinajstić information content (AvgIpc) is 2.38. The maximum Gasteiger partial charge on any atom is 0.129 e. The van der Waals surface area contributed by atoms with Crippen LogP contribution in [0.1, 0.15) is 46.2 Å². The maximum absolute atomic E-state index is 9.20. The van der Waals surface area contributed by atoms with E-state index in [1.807, 2.05) is 18.2 Å². The molecule has 0 saturated heterocycles. The summed E-state index contributed by atoms with van der Waals surface area (Å²) in [6.07, 6.45) is 2.24. The van der Waals surface area contributed by atoms with Crippen molar-refractivity contribution in [1.82, 2.24) is 4.98 Å². The van der Waals surface area contributed by atoms with Crippen LogP contribution in [0.5, 0.6) is 0 Å². The summed E-state index contributed by atoms with van der Waals surface area (Å²) in [7, 11) is 0. The normalized spacial score (nSPS) is 11.3. The summed E-state index contributed by atoms with van der Waals surface area (Å²) in [5.41, 5.74) is 0.743. The van der Waals surface area contributed by atoms with Crippen molar-refractivity contribution in [2.24, 2.45) is 5.92 Å². The Labute approximate surface area is 111 Å². The quantitative estimate of drug-likeness (QED) is 0.807. The third-order valence-corrected chi connectivity index (χ3v) is 3.19. The maximum atomic E-state index is 9.20. The highest BCUT2D eigenvalue weighted by molar-refractivity contribution is 5.40. The minimum absolute atomic E-state index is 0.00623. The molecule has 0 unspecified atom stereocenters. The topological polar surface area (TPSA) is 36.4 Å². The van der Waals surface area contributed by atoms with E-state index in [1.54, 1.807) is 0 Å². The van der Waals surface area contributed by atoms with Gasteiger partial charge in [0.05, 0.1) is 12.3 Å². The molecule has 0 radical (unpaired) electrons. The molecule has 0 aliphatic heterocycles. The summed E-state index contributed by atoms with van der Waals surface area (Å²) in [4.78, 5) is 6.92. The third-order valence-electron chi connectivity index (χ3n) is 3.19. The highest BCUT2D eigenvalue weighted by Gasteiger charge is 2.18. The zero-order chi connectivity index (χ0) is 13.5. The number of aliphatic hydroxyl groups excluding tert-OH is 1. The Morgan fingerprint density at radius 1 is 1.22 bits per heavy atom. The molecule has 0 spiro atoms. The number of pyridine rings is 1. The molecule has 0 atom stereocenters. The largest absolute Gasteiger partial charge is 0.390 e. The van der Waals surface area contributed by atoms with E-state index in [0.717, 1.165) is 30.9 Å². The second-order valence-electron chi connectivity index (χ2n) is 5.16. The molecule has 0 amide bonds. The molecule has 102 valence electrons. The van der Waals surface area contributed by atoms with Crippen LogP contribution in [0, 0.1) is 5.92 Å². The Kier molecular flexibility index (Phi) is 6.13. The van der Waals surface area contributed by atoms with Crippen LogP contribution in [0.3, 0.4) is 0 Å². The molecule has 3 nitrogen and oxygen atoms in total. The summed E-state index contributed by atoms with van der Waals surface area (Å²) in [5.74, 6) is 1.59. The standard InChI is InChI=1S/C15H26N2O/c1-5-14(6-2)17(10-12(3)4)15-9-7-8-13(11-18)16-15/h7-9,12,14,18H,5-6,10-11H2,1-4H3. The highest BCUT2D eigenvalue weighted by Crippen LogP contribution is 2.20. The van der Waals surface area contributed by atoms with Gasteiger partial charge in [-0.05, 0) is 30.9 Å². The number of aliphatic hydroxyl groups is 1. The molecule has 1 heterocycles. The average molecular weight is 250 g/mol. The number of nitrogens with zero attached hydrogens (tertiary/aromatic N) is 2. The smallest absolute Gasteiger partial charge is 0.129 e. The zero-order valence-corrected chi connectivity index (χ0v) is 12.1. The van der Waals surface area contributed by atoms with E-state index in [1.165, 1.54) is 0 Å². The van der Waals surface area contributed by atoms with Gasteiger partial charge in [-0.3, -0.25) is 0 Å². The Morgan fingerprint density at radius 3 is 2.39 bits per heavy atom. The summed E-state index contributed by atoms with van der Waals surface area (Å²) in [5, 5.41) is 9.20. The van der Waals surface area contributed by atoms with Gasteiger partial charge in [0.15, 0.2) is 0 Å². The first-order valence-corrected chi connectivity index (χ1v) is 6.95. The van der Waals surface area contributed by atoms with Gasteiger partial charge >= 0.3 is 0 Å². The molecule has 0 saturated carbocycles. The first-order chi connectivity index (χ1) is 8.62. The minimum Gasteiger partial charge on any atom is -0.390 e. The molecule has 0 bridgehead atoms. The van der Waals surface area contributed by atoms with E-state index < -0.39 is 0 Å². The fourth-order valence-electron chi connectivity index (χ4n) is 2.27. The van der Waals surface area contributed by atoms with Gasteiger partial charge in [-0.1, -0.05) is 33.8 Å². The van der Waals surface area contributed by atoms with Crippen LogP contribution in [0.2, 0.25) is 0 Å². The van der Waals surface area contributed by atoms with E-state index in [0.29, 0.717) is 12.0 Å². The lowest BCUT2D eigenvalue weighted by Gasteiger charge is -2.33. The summed E-state index contributed by atoms with van der Waals surface area (Å²) < 4.78 is 0. The first kappa shape index (κ1) is 15.0. The first-order valence-electron chi connectivity index (χ1n) is 6.95. The van der Waals surface area contributed by atoms with E-state index >= 15 is 0 Å². The SMILES string of the molecule is CCC(CC)N(CC(C)C)c1cccc(CO)n1. The lowest BCUT2D eigenvalue weighted by molar-refractivity contribution is 0.277. The van der Waals surface area contributed by atoms with E-state index in [-0.39, 0.29) is 6.61 Å². The molecular weight excluding hydrogens is 224 g/mol. The molecule has 0 aromatic carbocycles. The molecule has 0 aliphatic carbocycles. The Hall–Kier alpha value is -1.09. The molecule has 1 aromatic heterocycles. The highest BCUT2D eigenvalue weighted by atomic mass is 16.3. The second-order valence-corrected chi connectivity index (χ2v) is 5.16. The molecule has 0 fully saturated rings. The zero-order valence-electron chi connectivity index (χ0n) is 12.1. The van der Waals surface area contributed by atoms with Crippen LogP contribution < -0.4 is 4.90 Å². The van der Waals surface area contributed by atoms with Gasteiger partial charge in [-0.25, -0.2) is 4.98 Å². The van der Waals surface area contributed by atoms with Gasteiger partial charge in [-0.2, -0.15) is 0 Å². The predicted octanol–water partition coefficient (Wildman–Crippen LogP) is 3.22. The molecular formula is C15H26N2O. The van der Waals surface area contributed by atoms with Gasteiger partial charge in [0, 0.05) is 12.6 Å². The Morgan fingerprint density at radius 2 is 1.89 bits per heavy atom. The fraction of sp³-hybridized carbons (Fsp3) is 0.667. The van der Waals surface area contributed by atoms with Gasteiger partial charge in [0.25, 0.3) is 0 Å². The van der Waals surface area contributed by atoms with Crippen molar-refractivity contribution in [2.75, 3.05) is 11.4 Å².